The SMILES string of the molecule is C1=CC2=C3N=C4SC=CN4C=C3C=CN2C1. The number of rotatable bonds is 0. The third-order valence-electron chi connectivity index (χ3n) is 2.94. The van der Waals surface area contributed by atoms with E-state index in [1.807, 2.05) is 6.20 Å². The molecule has 4 heteroatoms. The molecule has 4 aliphatic heterocycles. The van der Waals surface area contributed by atoms with E-state index in [-0.39, 0.29) is 0 Å². The van der Waals surface area contributed by atoms with Crippen LogP contribution in [0.3, 0.4) is 0 Å². The zero-order valence-corrected chi connectivity index (χ0v) is 9.31. The molecule has 0 fully saturated rings. The number of amidine groups is 1. The van der Waals surface area contributed by atoms with Gasteiger partial charge in [0.05, 0.1) is 11.4 Å². The Bertz CT molecular complexity index is 549. The minimum Gasteiger partial charge on any atom is -0.342 e. The first-order valence-electron chi connectivity index (χ1n) is 5.20. The third-order valence-corrected chi connectivity index (χ3v) is 3.71. The molecule has 0 aliphatic carbocycles. The molecule has 0 unspecified atom stereocenters. The molecule has 0 amide bonds. The molecule has 4 rings (SSSR count). The summed E-state index contributed by atoms with van der Waals surface area (Å²) in [5, 5.41) is 3.10. The molecule has 0 radical (unpaired) electrons. The lowest BCUT2D eigenvalue weighted by Gasteiger charge is -2.27. The summed E-state index contributed by atoms with van der Waals surface area (Å²) in [6, 6.07) is 0. The van der Waals surface area contributed by atoms with E-state index < -0.39 is 0 Å². The van der Waals surface area contributed by atoms with Crippen molar-refractivity contribution in [2.24, 2.45) is 4.99 Å². The number of allylic oxidation sites excluding steroid dienone is 2. The van der Waals surface area contributed by atoms with Crippen LogP contribution in [0.25, 0.3) is 0 Å². The fourth-order valence-electron chi connectivity index (χ4n) is 2.16. The summed E-state index contributed by atoms with van der Waals surface area (Å²) >= 11 is 1.67. The summed E-state index contributed by atoms with van der Waals surface area (Å²) in [4.78, 5) is 9.01. The van der Waals surface area contributed by atoms with Gasteiger partial charge in [0.2, 0.25) is 0 Å². The lowest BCUT2D eigenvalue weighted by atomic mass is 10.1. The first-order chi connectivity index (χ1) is 7.92. The smallest absolute Gasteiger partial charge is 0.177 e. The summed E-state index contributed by atoms with van der Waals surface area (Å²) in [6.45, 7) is 0.961. The second-order valence-corrected chi connectivity index (χ2v) is 4.77. The molecule has 0 bridgehead atoms. The second-order valence-electron chi connectivity index (χ2n) is 3.89. The molecule has 4 heterocycles. The molecule has 0 saturated heterocycles. The molecule has 4 aliphatic rings. The monoisotopic (exact) mass is 227 g/mol. The molecule has 0 N–H and O–H groups in total. The van der Waals surface area contributed by atoms with Crippen LogP contribution < -0.4 is 0 Å². The number of hydrogen-bond acceptors (Lipinski definition) is 4. The summed E-state index contributed by atoms with van der Waals surface area (Å²) in [5.41, 5.74) is 3.50. The molecule has 3 nitrogen and oxygen atoms in total. The second kappa shape index (κ2) is 2.92. The van der Waals surface area contributed by atoms with Gasteiger partial charge in [0, 0.05) is 30.7 Å². The van der Waals surface area contributed by atoms with Gasteiger partial charge >= 0.3 is 0 Å². The van der Waals surface area contributed by atoms with Crippen molar-refractivity contribution in [3.8, 4) is 0 Å². The van der Waals surface area contributed by atoms with Gasteiger partial charge < -0.3 is 9.80 Å². The maximum Gasteiger partial charge on any atom is 0.177 e. The predicted octanol–water partition coefficient (Wildman–Crippen LogP) is 2.37. The minimum absolute atomic E-state index is 0.961. The van der Waals surface area contributed by atoms with E-state index in [1.165, 1.54) is 11.3 Å². The van der Waals surface area contributed by atoms with Crippen LogP contribution in [-0.2, 0) is 0 Å². The first-order valence-corrected chi connectivity index (χ1v) is 6.08. The van der Waals surface area contributed by atoms with Crippen LogP contribution in [0.1, 0.15) is 0 Å². The Labute approximate surface area is 97.8 Å². The van der Waals surface area contributed by atoms with Crippen molar-refractivity contribution >= 4 is 16.9 Å². The Morgan fingerprint density at radius 1 is 1.25 bits per heavy atom. The van der Waals surface area contributed by atoms with Gasteiger partial charge in [0.1, 0.15) is 0 Å². The summed E-state index contributed by atoms with van der Waals surface area (Å²) < 4.78 is 0. The third kappa shape index (κ3) is 1.02. The predicted molar refractivity (Wildman–Crippen MR) is 66.1 cm³/mol. The van der Waals surface area contributed by atoms with Gasteiger partial charge in [0.25, 0.3) is 0 Å². The molecule has 0 saturated carbocycles. The van der Waals surface area contributed by atoms with Crippen molar-refractivity contribution in [1.82, 2.24) is 9.80 Å². The number of fused-ring (bicyclic) bond motifs is 3. The van der Waals surface area contributed by atoms with Crippen LogP contribution in [0.15, 0.2) is 64.2 Å². The highest BCUT2D eigenvalue weighted by Gasteiger charge is 2.26. The van der Waals surface area contributed by atoms with Gasteiger partial charge in [-0.05, 0) is 17.6 Å². The number of aliphatic imine (C=N–C) groups is 1. The van der Waals surface area contributed by atoms with Crippen LogP contribution >= 0.6 is 11.8 Å². The average molecular weight is 227 g/mol. The van der Waals surface area contributed by atoms with E-state index in [9.17, 15) is 0 Å². The average Bonchev–Trinajstić information content (AvgIpc) is 2.94. The zero-order valence-electron chi connectivity index (χ0n) is 8.50. The van der Waals surface area contributed by atoms with Crippen molar-refractivity contribution < 1.29 is 0 Å². The molecule has 16 heavy (non-hydrogen) atoms. The molecule has 78 valence electrons. The Balaban J connectivity index is 1.90. The number of thioether (sulfide) groups is 1. The van der Waals surface area contributed by atoms with Gasteiger partial charge in [0.15, 0.2) is 5.17 Å². The van der Waals surface area contributed by atoms with Crippen molar-refractivity contribution in [3.63, 3.8) is 0 Å². The van der Waals surface area contributed by atoms with E-state index in [4.69, 9.17) is 4.99 Å². The summed E-state index contributed by atoms with van der Waals surface area (Å²) in [7, 11) is 0. The van der Waals surface area contributed by atoms with Crippen molar-refractivity contribution in [3.05, 3.63) is 59.2 Å². The zero-order chi connectivity index (χ0) is 10.5. The normalized spacial score (nSPS) is 24.5. The fraction of sp³-hybridized carbons (Fsp3) is 0.0833. The number of hydrogen-bond donors (Lipinski definition) is 0. The molecule has 0 spiro atoms. The van der Waals surface area contributed by atoms with Gasteiger partial charge in [-0.15, -0.1) is 0 Å². The van der Waals surface area contributed by atoms with E-state index in [2.05, 4.69) is 45.8 Å². The highest BCUT2D eigenvalue weighted by atomic mass is 32.2. The highest BCUT2D eigenvalue weighted by molar-refractivity contribution is 8.16. The van der Waals surface area contributed by atoms with Crippen molar-refractivity contribution in [2.75, 3.05) is 6.54 Å². The fourth-order valence-corrected chi connectivity index (χ4v) is 2.85. The molecular formula is C12H9N3S. The van der Waals surface area contributed by atoms with Crippen LogP contribution in [0, 0.1) is 0 Å². The quantitative estimate of drug-likeness (QED) is 0.633. The van der Waals surface area contributed by atoms with Crippen LogP contribution in [-0.4, -0.2) is 21.5 Å². The summed E-state index contributed by atoms with van der Waals surface area (Å²) in [6.07, 6.45) is 12.8. The Kier molecular flexibility index (Phi) is 1.54. The maximum atomic E-state index is 4.72. The molecule has 0 aromatic rings. The van der Waals surface area contributed by atoms with E-state index in [1.54, 1.807) is 11.8 Å². The molecule has 0 atom stereocenters. The standard InChI is InChI=1S/C12H9N3S/c1-2-10-11-9(3-5-14(10)4-1)8-15-6-7-16-12(15)13-11/h1-3,5-8H,4H2. The summed E-state index contributed by atoms with van der Waals surface area (Å²) in [5.74, 6) is 0. The first kappa shape index (κ1) is 8.47. The largest absolute Gasteiger partial charge is 0.342 e. The van der Waals surface area contributed by atoms with E-state index in [0.29, 0.717) is 0 Å². The van der Waals surface area contributed by atoms with Gasteiger partial charge in [-0.3, -0.25) is 0 Å². The topological polar surface area (TPSA) is 18.8 Å². The molecular weight excluding hydrogens is 218 g/mol. The van der Waals surface area contributed by atoms with Gasteiger partial charge in [-0.25, -0.2) is 4.99 Å². The van der Waals surface area contributed by atoms with Crippen LogP contribution in [0.2, 0.25) is 0 Å². The maximum absolute atomic E-state index is 4.72. The Hall–Kier alpha value is -1.68. The molecule has 0 aromatic heterocycles. The number of nitrogens with zero attached hydrogens (tertiary/aromatic N) is 3. The lowest BCUT2D eigenvalue weighted by molar-refractivity contribution is 0.541. The van der Waals surface area contributed by atoms with Gasteiger partial charge in [-0.1, -0.05) is 17.8 Å². The van der Waals surface area contributed by atoms with Crippen molar-refractivity contribution in [1.29, 1.82) is 0 Å². The van der Waals surface area contributed by atoms with Crippen molar-refractivity contribution in [2.45, 2.75) is 0 Å². The van der Waals surface area contributed by atoms with Crippen LogP contribution in [0.4, 0.5) is 0 Å². The highest BCUT2D eigenvalue weighted by Crippen LogP contribution is 2.35. The van der Waals surface area contributed by atoms with E-state index >= 15 is 0 Å². The van der Waals surface area contributed by atoms with Gasteiger partial charge in [-0.2, -0.15) is 0 Å². The van der Waals surface area contributed by atoms with E-state index in [0.717, 1.165) is 17.4 Å². The molecule has 0 aromatic carbocycles. The Morgan fingerprint density at radius 2 is 2.25 bits per heavy atom. The van der Waals surface area contributed by atoms with Crippen LogP contribution in [0.5, 0.6) is 0 Å². The minimum atomic E-state index is 0.961. The Morgan fingerprint density at radius 3 is 3.25 bits per heavy atom. The lowest BCUT2D eigenvalue weighted by Crippen LogP contribution is -2.22.